The Labute approximate surface area is 95.7 Å². The first-order valence-electron chi connectivity index (χ1n) is 4.51. The van der Waals surface area contributed by atoms with Gasteiger partial charge in [-0.3, -0.25) is 14.4 Å². The van der Waals surface area contributed by atoms with Crippen molar-refractivity contribution in [3.63, 3.8) is 0 Å². The zero-order chi connectivity index (χ0) is 13.4. The van der Waals surface area contributed by atoms with Crippen LogP contribution in [0, 0.1) is 5.92 Å². The molecule has 0 heterocycles. The molecule has 0 aliphatic carbocycles. The SMILES string of the molecule is O=C(O)C/C(=C\OO)CC(CC(=O)O)C(=O)O. The van der Waals surface area contributed by atoms with E-state index in [0.717, 1.165) is 0 Å². The summed E-state index contributed by atoms with van der Waals surface area (Å²) in [6.45, 7) is 0. The zero-order valence-corrected chi connectivity index (χ0v) is 8.70. The number of hydrogen-bond donors (Lipinski definition) is 4. The fourth-order valence-electron chi connectivity index (χ4n) is 1.20. The lowest BCUT2D eigenvalue weighted by atomic mass is 9.95. The lowest BCUT2D eigenvalue weighted by molar-refractivity contribution is -0.188. The maximum absolute atomic E-state index is 10.7. The molecule has 0 aromatic rings. The first kappa shape index (κ1) is 14.9. The summed E-state index contributed by atoms with van der Waals surface area (Å²) >= 11 is 0. The number of carbonyl (C=O) groups is 3. The first-order valence-corrected chi connectivity index (χ1v) is 4.51. The molecular formula is C9H12O8. The number of carboxylic acid groups (broad SMARTS) is 3. The second-order valence-corrected chi connectivity index (χ2v) is 3.29. The van der Waals surface area contributed by atoms with Gasteiger partial charge in [0.2, 0.25) is 0 Å². The fraction of sp³-hybridized carbons (Fsp3) is 0.444. The molecule has 4 N–H and O–H groups in total. The molecule has 0 aliphatic rings. The highest BCUT2D eigenvalue weighted by Gasteiger charge is 2.23. The number of rotatable bonds is 8. The van der Waals surface area contributed by atoms with Crippen molar-refractivity contribution in [1.29, 1.82) is 0 Å². The van der Waals surface area contributed by atoms with Crippen molar-refractivity contribution in [1.82, 2.24) is 0 Å². The van der Waals surface area contributed by atoms with Crippen molar-refractivity contribution in [2.75, 3.05) is 0 Å². The highest BCUT2D eigenvalue weighted by Crippen LogP contribution is 2.18. The number of hydrogen-bond acceptors (Lipinski definition) is 5. The Morgan fingerprint density at radius 2 is 1.65 bits per heavy atom. The van der Waals surface area contributed by atoms with Crippen molar-refractivity contribution in [2.45, 2.75) is 19.3 Å². The third-order valence-electron chi connectivity index (χ3n) is 1.88. The van der Waals surface area contributed by atoms with Gasteiger partial charge in [0.05, 0.1) is 18.8 Å². The van der Waals surface area contributed by atoms with Gasteiger partial charge < -0.3 is 20.2 Å². The summed E-state index contributed by atoms with van der Waals surface area (Å²) in [5.74, 6) is -5.18. The second kappa shape index (κ2) is 7.23. The van der Waals surface area contributed by atoms with E-state index in [1.54, 1.807) is 0 Å². The Balaban J connectivity index is 4.67. The molecule has 0 radical (unpaired) electrons. The van der Waals surface area contributed by atoms with Crippen molar-refractivity contribution in [2.24, 2.45) is 5.92 Å². The smallest absolute Gasteiger partial charge is 0.307 e. The van der Waals surface area contributed by atoms with Gasteiger partial charge in [-0.1, -0.05) is 0 Å². The predicted octanol–water partition coefficient (Wildman–Crippen LogP) is 0.400. The Hall–Kier alpha value is -2.09. The van der Waals surface area contributed by atoms with Gasteiger partial charge in [0.1, 0.15) is 6.26 Å². The normalized spacial score (nSPS) is 12.9. The van der Waals surface area contributed by atoms with Gasteiger partial charge in [-0.25, -0.2) is 5.26 Å². The molecule has 0 bridgehead atoms. The van der Waals surface area contributed by atoms with Crippen LogP contribution in [-0.4, -0.2) is 38.5 Å². The molecule has 0 rings (SSSR count). The molecule has 8 heteroatoms. The Bertz CT molecular complexity index is 332. The van der Waals surface area contributed by atoms with Crippen LogP contribution < -0.4 is 0 Å². The summed E-state index contributed by atoms with van der Waals surface area (Å²) in [5.41, 5.74) is -0.0198. The summed E-state index contributed by atoms with van der Waals surface area (Å²) < 4.78 is 0. The van der Waals surface area contributed by atoms with Crippen LogP contribution in [-0.2, 0) is 19.3 Å². The Morgan fingerprint density at radius 3 is 2.00 bits per heavy atom. The van der Waals surface area contributed by atoms with Crippen LogP contribution in [0.2, 0.25) is 0 Å². The minimum absolute atomic E-state index is 0.0198. The largest absolute Gasteiger partial charge is 0.481 e. The predicted molar refractivity (Wildman–Crippen MR) is 52.0 cm³/mol. The van der Waals surface area contributed by atoms with Crippen molar-refractivity contribution >= 4 is 17.9 Å². The highest BCUT2D eigenvalue weighted by atomic mass is 17.1. The van der Waals surface area contributed by atoms with E-state index >= 15 is 0 Å². The average molecular weight is 248 g/mol. The molecule has 0 aromatic carbocycles. The minimum Gasteiger partial charge on any atom is -0.481 e. The van der Waals surface area contributed by atoms with Gasteiger partial charge >= 0.3 is 17.9 Å². The molecule has 1 atom stereocenters. The molecule has 8 nitrogen and oxygen atoms in total. The van der Waals surface area contributed by atoms with Gasteiger partial charge in [-0.2, -0.15) is 0 Å². The lowest BCUT2D eigenvalue weighted by Gasteiger charge is -2.10. The van der Waals surface area contributed by atoms with Gasteiger partial charge in [-0.05, 0) is 12.0 Å². The Kier molecular flexibility index (Phi) is 6.34. The number of aliphatic carboxylic acids is 3. The quantitative estimate of drug-likeness (QED) is 0.274. The van der Waals surface area contributed by atoms with Crippen molar-refractivity contribution < 1.29 is 39.8 Å². The molecule has 17 heavy (non-hydrogen) atoms. The third-order valence-corrected chi connectivity index (χ3v) is 1.88. The van der Waals surface area contributed by atoms with Crippen LogP contribution in [0.3, 0.4) is 0 Å². The average Bonchev–Trinajstić information content (AvgIpc) is 2.15. The number of carboxylic acids is 3. The molecule has 0 fully saturated rings. The van der Waals surface area contributed by atoms with Crippen LogP contribution >= 0.6 is 0 Å². The summed E-state index contributed by atoms with van der Waals surface area (Å²) in [7, 11) is 0. The van der Waals surface area contributed by atoms with E-state index in [1.807, 2.05) is 0 Å². The molecule has 0 spiro atoms. The van der Waals surface area contributed by atoms with Crippen LogP contribution in [0.4, 0.5) is 0 Å². The summed E-state index contributed by atoms with van der Waals surface area (Å²) in [6, 6.07) is 0. The molecule has 0 saturated carbocycles. The van der Waals surface area contributed by atoms with E-state index in [-0.39, 0.29) is 12.0 Å². The molecule has 0 aromatic heterocycles. The van der Waals surface area contributed by atoms with E-state index < -0.39 is 36.7 Å². The minimum atomic E-state index is -1.36. The van der Waals surface area contributed by atoms with Gasteiger partial charge in [-0.15, -0.1) is 0 Å². The van der Waals surface area contributed by atoms with Crippen LogP contribution in [0.1, 0.15) is 19.3 Å². The maximum atomic E-state index is 10.7. The molecule has 1 unspecified atom stereocenters. The van der Waals surface area contributed by atoms with Gasteiger partial charge in [0.15, 0.2) is 0 Å². The summed E-state index contributed by atoms with van der Waals surface area (Å²) in [6.07, 6.45) is -0.817. The maximum Gasteiger partial charge on any atom is 0.307 e. The van der Waals surface area contributed by atoms with E-state index in [0.29, 0.717) is 6.26 Å². The van der Waals surface area contributed by atoms with Crippen molar-refractivity contribution in [3.05, 3.63) is 11.8 Å². The molecular weight excluding hydrogens is 236 g/mol. The van der Waals surface area contributed by atoms with Crippen molar-refractivity contribution in [3.8, 4) is 0 Å². The van der Waals surface area contributed by atoms with E-state index in [9.17, 15) is 14.4 Å². The third kappa shape index (κ3) is 6.90. The van der Waals surface area contributed by atoms with Crippen LogP contribution in [0.25, 0.3) is 0 Å². The Morgan fingerprint density at radius 1 is 1.06 bits per heavy atom. The first-order chi connectivity index (χ1) is 7.86. The summed E-state index contributed by atoms with van der Waals surface area (Å²) in [4.78, 5) is 35.2. The van der Waals surface area contributed by atoms with Crippen LogP contribution in [0.15, 0.2) is 11.8 Å². The van der Waals surface area contributed by atoms with Gasteiger partial charge in [0.25, 0.3) is 0 Å². The topological polar surface area (TPSA) is 141 Å². The standard InChI is InChI=1S/C9H12O8/c10-7(11)2-5(4-17-16)1-6(9(14)15)3-8(12)13/h4,6,16H,1-3H2,(H,10,11)(H,12,13)(H,14,15)/b5-4-. The monoisotopic (exact) mass is 248 g/mol. The summed E-state index contributed by atoms with van der Waals surface area (Å²) in [5, 5.41) is 33.9. The van der Waals surface area contributed by atoms with E-state index in [4.69, 9.17) is 20.6 Å². The van der Waals surface area contributed by atoms with Gasteiger partial charge in [0, 0.05) is 0 Å². The molecule has 0 aliphatic heterocycles. The zero-order valence-electron chi connectivity index (χ0n) is 8.70. The molecule has 0 amide bonds. The lowest BCUT2D eigenvalue weighted by Crippen LogP contribution is -2.19. The highest BCUT2D eigenvalue weighted by molar-refractivity contribution is 5.78. The van der Waals surface area contributed by atoms with E-state index in [1.165, 1.54) is 0 Å². The van der Waals surface area contributed by atoms with E-state index in [2.05, 4.69) is 4.89 Å². The van der Waals surface area contributed by atoms with Crippen LogP contribution in [0.5, 0.6) is 0 Å². The second-order valence-electron chi connectivity index (χ2n) is 3.29. The molecule has 0 saturated heterocycles. The molecule has 96 valence electrons. The fourth-order valence-corrected chi connectivity index (χ4v) is 1.20.